The smallest absolute Gasteiger partial charge is 0.239 e. The first-order valence-electron chi connectivity index (χ1n) is 7.48. The molecule has 21 heavy (non-hydrogen) atoms. The molecule has 0 unspecified atom stereocenters. The molecule has 1 amide bonds. The molecule has 0 aromatic heterocycles. The molecule has 1 aromatic rings. The Labute approximate surface area is 125 Å². The fourth-order valence-electron chi connectivity index (χ4n) is 2.24. The van der Waals surface area contributed by atoms with Crippen molar-refractivity contribution in [2.75, 3.05) is 18.5 Å². The Bertz CT molecular complexity index is 500. The second kappa shape index (κ2) is 6.89. The summed E-state index contributed by atoms with van der Waals surface area (Å²) in [5.74, 6) is -0.342. The lowest BCUT2D eigenvalue weighted by molar-refractivity contribution is -0.119. The zero-order chi connectivity index (χ0) is 15.4. The zero-order valence-electron chi connectivity index (χ0n) is 12.9. The van der Waals surface area contributed by atoms with Gasteiger partial charge in [0.05, 0.1) is 12.2 Å². The van der Waals surface area contributed by atoms with Crippen LogP contribution in [0.3, 0.4) is 0 Å². The topological polar surface area (TPSA) is 44.4 Å². The van der Waals surface area contributed by atoms with Gasteiger partial charge in [0, 0.05) is 25.7 Å². The number of likely N-dealkylation sites (N-methyl/N-ethyl adjacent to an activating group) is 1. The van der Waals surface area contributed by atoms with Crippen molar-refractivity contribution in [2.24, 2.45) is 0 Å². The van der Waals surface area contributed by atoms with Gasteiger partial charge < -0.3 is 15.5 Å². The minimum atomic E-state index is -0.292. The van der Waals surface area contributed by atoms with E-state index in [1.807, 2.05) is 19.9 Å². The van der Waals surface area contributed by atoms with Crippen molar-refractivity contribution in [3.8, 4) is 0 Å². The summed E-state index contributed by atoms with van der Waals surface area (Å²) in [4.78, 5) is 13.6. The van der Waals surface area contributed by atoms with Crippen molar-refractivity contribution in [1.82, 2.24) is 10.6 Å². The van der Waals surface area contributed by atoms with Gasteiger partial charge in [-0.1, -0.05) is 26.0 Å². The van der Waals surface area contributed by atoms with Crippen LogP contribution in [0.1, 0.15) is 32.3 Å². The summed E-state index contributed by atoms with van der Waals surface area (Å²) in [6.07, 6.45) is 2.11. The lowest BCUT2D eigenvalue weighted by Crippen LogP contribution is -2.37. The molecule has 5 heteroatoms. The van der Waals surface area contributed by atoms with E-state index in [1.165, 1.54) is 6.07 Å². The molecule has 0 atom stereocenters. The molecule has 1 fully saturated rings. The number of carbonyl (C=O) groups is 1. The second-order valence-corrected chi connectivity index (χ2v) is 5.98. The molecule has 0 heterocycles. The number of nitrogens with one attached hydrogen (secondary N) is 2. The van der Waals surface area contributed by atoms with Gasteiger partial charge in [-0.25, -0.2) is 4.39 Å². The fraction of sp³-hybridized carbons (Fsp3) is 0.562. The number of hydrogen-bond donors (Lipinski definition) is 2. The van der Waals surface area contributed by atoms with Crippen LogP contribution in [0.5, 0.6) is 0 Å². The quantitative estimate of drug-likeness (QED) is 0.808. The maximum Gasteiger partial charge on any atom is 0.239 e. The van der Waals surface area contributed by atoms with Gasteiger partial charge in [0.2, 0.25) is 5.91 Å². The van der Waals surface area contributed by atoms with Crippen LogP contribution in [0.2, 0.25) is 0 Å². The molecular formula is C16H24FN3O. The van der Waals surface area contributed by atoms with Crippen LogP contribution < -0.4 is 15.5 Å². The molecule has 2 N–H and O–H groups in total. The normalized spacial score (nSPS) is 14.3. The van der Waals surface area contributed by atoms with E-state index in [0.717, 1.165) is 18.4 Å². The highest BCUT2D eigenvalue weighted by molar-refractivity contribution is 5.82. The van der Waals surface area contributed by atoms with Gasteiger partial charge >= 0.3 is 0 Å². The van der Waals surface area contributed by atoms with Gasteiger partial charge in [0.25, 0.3) is 0 Å². The van der Waals surface area contributed by atoms with Gasteiger partial charge in [-0.3, -0.25) is 4.79 Å². The summed E-state index contributed by atoms with van der Waals surface area (Å²) in [6, 6.07) is 5.68. The highest BCUT2D eigenvalue weighted by Crippen LogP contribution is 2.24. The van der Waals surface area contributed by atoms with Crippen molar-refractivity contribution in [3.05, 3.63) is 29.6 Å². The number of carbonyl (C=O) groups excluding carboxylic acids is 1. The molecule has 0 saturated heterocycles. The van der Waals surface area contributed by atoms with E-state index < -0.39 is 0 Å². The Hall–Kier alpha value is -1.62. The number of halogens is 1. The van der Waals surface area contributed by atoms with Gasteiger partial charge in [0.15, 0.2) is 0 Å². The lowest BCUT2D eigenvalue weighted by atomic mass is 10.1. The summed E-state index contributed by atoms with van der Waals surface area (Å²) >= 11 is 0. The summed E-state index contributed by atoms with van der Waals surface area (Å²) < 4.78 is 14.1. The third-order valence-corrected chi connectivity index (χ3v) is 3.48. The lowest BCUT2D eigenvalue weighted by Gasteiger charge is -2.23. The Morgan fingerprint density at radius 3 is 2.76 bits per heavy atom. The maximum absolute atomic E-state index is 14.1. The Kier molecular flexibility index (Phi) is 5.17. The molecule has 2 rings (SSSR count). The molecule has 1 aromatic carbocycles. The van der Waals surface area contributed by atoms with E-state index in [2.05, 4.69) is 10.6 Å². The molecule has 1 aliphatic rings. The first-order valence-corrected chi connectivity index (χ1v) is 7.48. The van der Waals surface area contributed by atoms with Gasteiger partial charge in [-0.15, -0.1) is 0 Å². The fourth-order valence-corrected chi connectivity index (χ4v) is 2.24. The van der Waals surface area contributed by atoms with Crippen molar-refractivity contribution >= 4 is 11.6 Å². The monoisotopic (exact) mass is 293 g/mol. The molecule has 0 bridgehead atoms. The third kappa shape index (κ3) is 4.70. The van der Waals surface area contributed by atoms with Crippen molar-refractivity contribution in [2.45, 2.75) is 45.3 Å². The number of rotatable bonds is 7. The maximum atomic E-state index is 14.1. The molecule has 4 nitrogen and oxygen atoms in total. The number of anilines is 1. The largest absolute Gasteiger partial charge is 0.363 e. The summed E-state index contributed by atoms with van der Waals surface area (Å²) in [5.41, 5.74) is 1.36. The predicted octanol–water partition coefficient (Wildman–Crippen LogP) is 2.04. The average Bonchev–Trinajstić information content (AvgIpc) is 3.19. The molecule has 0 spiro atoms. The Balaban J connectivity index is 2.06. The van der Waals surface area contributed by atoms with E-state index in [0.29, 0.717) is 24.3 Å². The Morgan fingerprint density at radius 2 is 2.14 bits per heavy atom. The van der Waals surface area contributed by atoms with Crippen molar-refractivity contribution in [1.29, 1.82) is 0 Å². The summed E-state index contributed by atoms with van der Waals surface area (Å²) in [5, 5.41) is 6.21. The van der Waals surface area contributed by atoms with Crippen LogP contribution in [-0.4, -0.2) is 31.6 Å². The van der Waals surface area contributed by atoms with Crippen LogP contribution in [-0.2, 0) is 11.3 Å². The molecule has 1 aliphatic carbocycles. The highest BCUT2D eigenvalue weighted by Gasteiger charge is 2.24. The number of para-hydroxylation sites is 1. The summed E-state index contributed by atoms with van der Waals surface area (Å²) in [6.45, 7) is 4.85. The number of hydrogen-bond acceptors (Lipinski definition) is 3. The van der Waals surface area contributed by atoms with Crippen LogP contribution in [0.15, 0.2) is 18.2 Å². The van der Waals surface area contributed by atoms with Crippen LogP contribution >= 0.6 is 0 Å². The van der Waals surface area contributed by atoms with E-state index in [9.17, 15) is 9.18 Å². The van der Waals surface area contributed by atoms with E-state index in [-0.39, 0.29) is 18.3 Å². The summed E-state index contributed by atoms with van der Waals surface area (Å²) in [7, 11) is 1.75. The van der Waals surface area contributed by atoms with E-state index >= 15 is 0 Å². The van der Waals surface area contributed by atoms with Crippen molar-refractivity contribution in [3.63, 3.8) is 0 Å². The molecule has 0 aliphatic heterocycles. The average molecular weight is 293 g/mol. The van der Waals surface area contributed by atoms with E-state index in [1.54, 1.807) is 18.0 Å². The SMILES string of the molecule is CC(C)NCc1cccc(F)c1N(C)CC(=O)NC1CC1. The number of amides is 1. The molecule has 1 saturated carbocycles. The van der Waals surface area contributed by atoms with Crippen LogP contribution in [0, 0.1) is 5.82 Å². The van der Waals surface area contributed by atoms with Gasteiger partial charge in [0.1, 0.15) is 5.82 Å². The minimum Gasteiger partial charge on any atom is -0.363 e. The first kappa shape index (κ1) is 15.8. The van der Waals surface area contributed by atoms with Gasteiger partial charge in [-0.05, 0) is 24.5 Å². The standard InChI is InChI=1S/C16H24FN3O/c1-11(2)18-9-12-5-4-6-14(17)16(12)20(3)10-15(21)19-13-7-8-13/h4-6,11,13,18H,7-10H2,1-3H3,(H,19,21). The molecular weight excluding hydrogens is 269 g/mol. The number of nitrogens with zero attached hydrogens (tertiary/aromatic N) is 1. The van der Waals surface area contributed by atoms with Crippen LogP contribution in [0.4, 0.5) is 10.1 Å². The van der Waals surface area contributed by atoms with Crippen LogP contribution in [0.25, 0.3) is 0 Å². The Morgan fingerprint density at radius 1 is 1.43 bits per heavy atom. The van der Waals surface area contributed by atoms with Gasteiger partial charge in [-0.2, -0.15) is 0 Å². The minimum absolute atomic E-state index is 0.0500. The first-order chi connectivity index (χ1) is 9.97. The number of benzene rings is 1. The zero-order valence-corrected chi connectivity index (χ0v) is 12.9. The molecule has 0 radical (unpaired) electrons. The molecule has 116 valence electrons. The van der Waals surface area contributed by atoms with Crippen molar-refractivity contribution < 1.29 is 9.18 Å². The third-order valence-electron chi connectivity index (χ3n) is 3.48. The highest BCUT2D eigenvalue weighted by atomic mass is 19.1. The predicted molar refractivity (Wildman–Crippen MR) is 82.8 cm³/mol. The van der Waals surface area contributed by atoms with E-state index in [4.69, 9.17) is 0 Å². The second-order valence-electron chi connectivity index (χ2n) is 5.98.